The van der Waals surface area contributed by atoms with Crippen molar-refractivity contribution in [3.05, 3.63) is 0 Å². The molecule has 2 aliphatic heterocycles. The van der Waals surface area contributed by atoms with Crippen molar-refractivity contribution in [3.8, 4) is 0 Å². The molecule has 3 unspecified atom stereocenters. The number of nitrogens with one attached hydrogen (secondary N) is 1. The van der Waals surface area contributed by atoms with E-state index in [0.717, 1.165) is 26.3 Å². The van der Waals surface area contributed by atoms with Crippen LogP contribution in [0.2, 0.25) is 0 Å². The van der Waals surface area contributed by atoms with Gasteiger partial charge in [-0.25, -0.2) is 0 Å². The highest BCUT2D eigenvalue weighted by Gasteiger charge is 2.33. The van der Waals surface area contributed by atoms with Crippen molar-refractivity contribution in [3.63, 3.8) is 0 Å². The van der Waals surface area contributed by atoms with E-state index in [1.54, 1.807) is 0 Å². The third-order valence-corrected chi connectivity index (χ3v) is 3.37. The number of hydrogen-bond acceptors (Lipinski definition) is 4. The van der Waals surface area contributed by atoms with Crippen LogP contribution < -0.4 is 11.1 Å². The summed E-state index contributed by atoms with van der Waals surface area (Å²) in [6.07, 6.45) is 3.27. The highest BCUT2D eigenvalue weighted by atomic mass is 15.3. The maximum atomic E-state index is 6.12. The van der Waals surface area contributed by atoms with Crippen molar-refractivity contribution in [2.24, 2.45) is 16.6 Å². The van der Waals surface area contributed by atoms with Gasteiger partial charge in [0.25, 0.3) is 0 Å². The maximum absolute atomic E-state index is 6.12. The van der Waals surface area contributed by atoms with Crippen molar-refractivity contribution in [1.82, 2.24) is 10.2 Å². The van der Waals surface area contributed by atoms with E-state index in [-0.39, 0.29) is 6.04 Å². The Morgan fingerprint density at radius 1 is 1.64 bits per heavy atom. The molecule has 0 amide bonds. The van der Waals surface area contributed by atoms with Crippen molar-refractivity contribution < 1.29 is 0 Å². The fraction of sp³-hybridized carbons (Fsp3) is 0.900. The largest absolute Gasteiger partial charge is 0.326 e. The molecule has 2 heterocycles. The molecule has 0 radical (unpaired) electrons. The molecule has 2 rings (SSSR count). The number of piperidine rings is 1. The summed E-state index contributed by atoms with van der Waals surface area (Å²) in [5.41, 5.74) is 6.12. The van der Waals surface area contributed by atoms with Gasteiger partial charge in [-0.15, -0.1) is 0 Å². The predicted molar refractivity (Wildman–Crippen MR) is 58.5 cm³/mol. The van der Waals surface area contributed by atoms with Crippen LogP contribution in [-0.2, 0) is 0 Å². The van der Waals surface area contributed by atoms with Crippen molar-refractivity contribution in [2.45, 2.75) is 25.4 Å². The number of rotatable bonds is 2. The van der Waals surface area contributed by atoms with E-state index < -0.39 is 0 Å². The minimum absolute atomic E-state index is 0.285. The lowest BCUT2D eigenvalue weighted by Gasteiger charge is -2.36. The molecule has 1 saturated heterocycles. The topological polar surface area (TPSA) is 53.6 Å². The molecule has 0 saturated carbocycles. The van der Waals surface area contributed by atoms with Crippen LogP contribution in [0.1, 0.15) is 13.3 Å². The predicted octanol–water partition coefficient (Wildman–Crippen LogP) is -0.344. The van der Waals surface area contributed by atoms with Gasteiger partial charge in [-0.05, 0) is 25.4 Å². The highest BCUT2D eigenvalue weighted by molar-refractivity contribution is 5.67. The second-order valence-corrected chi connectivity index (χ2v) is 4.19. The van der Waals surface area contributed by atoms with Crippen molar-refractivity contribution in [2.75, 3.05) is 26.3 Å². The molecule has 3 atom stereocenters. The molecule has 0 bridgehead atoms. The van der Waals surface area contributed by atoms with E-state index in [1.165, 1.54) is 6.42 Å². The van der Waals surface area contributed by atoms with Crippen LogP contribution in [-0.4, -0.2) is 49.5 Å². The molecule has 0 aromatic rings. The zero-order chi connectivity index (χ0) is 9.97. The van der Waals surface area contributed by atoms with Gasteiger partial charge in [0.1, 0.15) is 0 Å². The number of nitrogens with two attached hydrogens (primary N) is 1. The first kappa shape index (κ1) is 10.1. The van der Waals surface area contributed by atoms with Crippen LogP contribution in [0.25, 0.3) is 0 Å². The lowest BCUT2D eigenvalue weighted by molar-refractivity contribution is 0.179. The van der Waals surface area contributed by atoms with Crippen LogP contribution in [0, 0.1) is 5.92 Å². The normalized spacial score (nSPS) is 39.1. The second kappa shape index (κ2) is 4.38. The maximum Gasteiger partial charge on any atom is 0.0911 e. The van der Waals surface area contributed by atoms with E-state index in [1.807, 2.05) is 0 Å². The molecule has 0 aromatic heterocycles. The van der Waals surface area contributed by atoms with Gasteiger partial charge in [0.05, 0.1) is 12.7 Å². The average molecular weight is 196 g/mol. The van der Waals surface area contributed by atoms with Crippen LogP contribution in [0.4, 0.5) is 0 Å². The van der Waals surface area contributed by atoms with E-state index in [2.05, 4.69) is 28.3 Å². The SMILES string of the molecule is CCN1CN=CC1C1CCNCC1N. The molecule has 3 N–H and O–H groups in total. The molecule has 4 nitrogen and oxygen atoms in total. The van der Waals surface area contributed by atoms with Gasteiger partial charge in [-0.2, -0.15) is 0 Å². The molecule has 0 spiro atoms. The van der Waals surface area contributed by atoms with E-state index in [9.17, 15) is 0 Å². The molecule has 80 valence electrons. The van der Waals surface area contributed by atoms with Crippen LogP contribution in [0.3, 0.4) is 0 Å². The van der Waals surface area contributed by atoms with Gasteiger partial charge in [0.2, 0.25) is 0 Å². The molecule has 1 fully saturated rings. The molecular formula is C10H20N4. The molecule has 0 aliphatic carbocycles. The first-order chi connectivity index (χ1) is 6.83. The zero-order valence-electron chi connectivity index (χ0n) is 8.82. The fourth-order valence-corrected chi connectivity index (χ4v) is 2.47. The monoisotopic (exact) mass is 196 g/mol. The molecule has 14 heavy (non-hydrogen) atoms. The number of aliphatic imine (C=N–C) groups is 1. The fourth-order valence-electron chi connectivity index (χ4n) is 2.47. The summed E-state index contributed by atoms with van der Waals surface area (Å²) in [6.45, 7) is 6.17. The van der Waals surface area contributed by atoms with Gasteiger partial charge in [0, 0.05) is 18.8 Å². The molecule has 4 heteroatoms. The summed E-state index contributed by atoms with van der Waals surface area (Å²) in [7, 11) is 0. The average Bonchev–Trinajstić information content (AvgIpc) is 2.66. The van der Waals surface area contributed by atoms with Gasteiger partial charge >= 0.3 is 0 Å². The Bertz CT molecular complexity index is 216. The highest BCUT2D eigenvalue weighted by Crippen LogP contribution is 2.21. The lowest BCUT2D eigenvalue weighted by atomic mass is 9.86. The summed E-state index contributed by atoms with van der Waals surface area (Å²) in [5, 5.41) is 3.33. The van der Waals surface area contributed by atoms with E-state index in [0.29, 0.717) is 12.0 Å². The summed E-state index contributed by atoms with van der Waals surface area (Å²) < 4.78 is 0. The lowest BCUT2D eigenvalue weighted by Crippen LogP contribution is -2.54. The Morgan fingerprint density at radius 2 is 2.50 bits per heavy atom. The molecule has 0 aromatic carbocycles. The van der Waals surface area contributed by atoms with E-state index >= 15 is 0 Å². The molecular weight excluding hydrogens is 176 g/mol. The Morgan fingerprint density at radius 3 is 3.21 bits per heavy atom. The van der Waals surface area contributed by atoms with Crippen molar-refractivity contribution >= 4 is 6.21 Å². The van der Waals surface area contributed by atoms with Gasteiger partial charge in [-0.3, -0.25) is 9.89 Å². The molecule has 2 aliphatic rings. The zero-order valence-corrected chi connectivity index (χ0v) is 8.82. The Hall–Kier alpha value is -0.450. The standard InChI is InChI=1S/C10H20N4/c1-2-14-7-13-6-10(14)8-3-4-12-5-9(8)11/h6,8-10,12H,2-5,7,11H2,1H3. The Labute approximate surface area is 85.6 Å². The number of hydrogen-bond donors (Lipinski definition) is 2. The van der Waals surface area contributed by atoms with Crippen LogP contribution in [0.15, 0.2) is 4.99 Å². The van der Waals surface area contributed by atoms with Crippen LogP contribution in [0.5, 0.6) is 0 Å². The summed E-state index contributed by atoms with van der Waals surface area (Å²) >= 11 is 0. The third-order valence-electron chi connectivity index (χ3n) is 3.37. The van der Waals surface area contributed by atoms with E-state index in [4.69, 9.17) is 5.73 Å². The Balaban J connectivity index is 2.01. The first-order valence-electron chi connectivity index (χ1n) is 5.53. The summed E-state index contributed by atoms with van der Waals surface area (Å²) in [4.78, 5) is 6.75. The first-order valence-corrected chi connectivity index (χ1v) is 5.53. The number of nitrogens with zero attached hydrogens (tertiary/aromatic N) is 2. The third kappa shape index (κ3) is 1.82. The smallest absolute Gasteiger partial charge is 0.0911 e. The summed E-state index contributed by atoms with van der Waals surface area (Å²) in [5.74, 6) is 0.586. The van der Waals surface area contributed by atoms with Crippen LogP contribution >= 0.6 is 0 Å². The minimum Gasteiger partial charge on any atom is -0.326 e. The quantitative estimate of drug-likeness (QED) is 0.635. The van der Waals surface area contributed by atoms with Gasteiger partial charge in [-0.1, -0.05) is 6.92 Å². The van der Waals surface area contributed by atoms with Gasteiger partial charge in [0.15, 0.2) is 0 Å². The second-order valence-electron chi connectivity index (χ2n) is 4.19. The summed E-state index contributed by atoms with van der Waals surface area (Å²) in [6, 6.07) is 0.768. The van der Waals surface area contributed by atoms with Gasteiger partial charge < -0.3 is 11.1 Å². The minimum atomic E-state index is 0.285. The Kier molecular flexibility index (Phi) is 3.15. The van der Waals surface area contributed by atoms with Crippen molar-refractivity contribution in [1.29, 1.82) is 0 Å².